The topological polar surface area (TPSA) is 42.1 Å². The van der Waals surface area contributed by atoms with Crippen LogP contribution in [0.2, 0.25) is 0 Å². The molecular formula is C12H11BrClNO2. The Labute approximate surface area is 113 Å². The van der Waals surface area contributed by atoms with Crippen molar-refractivity contribution in [1.29, 1.82) is 0 Å². The average molecular weight is 317 g/mol. The van der Waals surface area contributed by atoms with Gasteiger partial charge >= 0.3 is 5.43 Å². The molecule has 1 heterocycles. The van der Waals surface area contributed by atoms with Gasteiger partial charge in [0.15, 0.2) is 0 Å². The molecule has 3 nitrogen and oxygen atoms in total. The molecule has 0 aliphatic carbocycles. The van der Waals surface area contributed by atoms with Crippen LogP contribution in [0.4, 0.5) is 4.79 Å². The molecule has 17 heavy (non-hydrogen) atoms. The van der Waals surface area contributed by atoms with Gasteiger partial charge in [-0.1, -0.05) is 30.9 Å². The first kappa shape index (κ1) is 13.8. The van der Waals surface area contributed by atoms with Gasteiger partial charge < -0.3 is 9.72 Å². The van der Waals surface area contributed by atoms with Crippen molar-refractivity contribution in [2.75, 3.05) is 6.61 Å². The third-order valence-electron chi connectivity index (χ3n) is 1.81. The van der Waals surface area contributed by atoms with Crippen LogP contribution in [0.1, 0.15) is 0 Å². The monoisotopic (exact) mass is 315 g/mol. The Morgan fingerprint density at radius 2 is 2.24 bits per heavy atom. The molecule has 0 spiro atoms. The molecule has 0 radical (unpaired) electrons. The molecule has 0 amide bonds. The van der Waals surface area contributed by atoms with E-state index in [0.29, 0.717) is 0 Å². The molecule has 2 rings (SSSR count). The molecule has 1 aromatic carbocycles. The van der Waals surface area contributed by atoms with Crippen LogP contribution in [-0.2, 0) is 4.74 Å². The number of nitrogens with one attached hydrogen (secondary N) is 1. The Kier molecular flexibility index (Phi) is 5.80. The maximum atomic E-state index is 9.70. The van der Waals surface area contributed by atoms with Gasteiger partial charge in [-0.2, -0.15) is 0 Å². The van der Waals surface area contributed by atoms with E-state index in [1.807, 2.05) is 12.1 Å². The molecule has 0 saturated heterocycles. The fourth-order valence-electron chi connectivity index (χ4n) is 1.16. The Hall–Kier alpha value is -1.26. The van der Waals surface area contributed by atoms with Crippen molar-refractivity contribution in [1.82, 2.24) is 4.98 Å². The number of hydrogen-bond donors (Lipinski definition) is 1. The third kappa shape index (κ3) is 5.06. The lowest BCUT2D eigenvalue weighted by atomic mass is 10.3. The second-order valence-electron chi connectivity index (χ2n) is 3.04. The summed E-state index contributed by atoms with van der Waals surface area (Å²) < 4.78 is 5.24. The summed E-state index contributed by atoms with van der Waals surface area (Å²) in [7, 11) is 0. The van der Waals surface area contributed by atoms with Crippen LogP contribution >= 0.6 is 27.5 Å². The number of ether oxygens (including phenoxy) is 1. The van der Waals surface area contributed by atoms with Crippen LogP contribution in [-0.4, -0.2) is 17.0 Å². The number of para-hydroxylation sites is 1. The van der Waals surface area contributed by atoms with Gasteiger partial charge in [-0.05, 0) is 28.1 Å². The smallest absolute Gasteiger partial charge is 0.404 e. The van der Waals surface area contributed by atoms with Gasteiger partial charge in [-0.25, -0.2) is 4.79 Å². The highest BCUT2D eigenvalue weighted by molar-refractivity contribution is 9.10. The maximum absolute atomic E-state index is 9.70. The Morgan fingerprint density at radius 3 is 2.76 bits per heavy atom. The number of fused-ring (bicyclic) bond motifs is 1. The molecule has 0 bridgehead atoms. The molecular weight excluding hydrogens is 305 g/mol. The number of benzene rings is 1. The summed E-state index contributed by atoms with van der Waals surface area (Å²) >= 11 is 8.12. The van der Waals surface area contributed by atoms with E-state index in [9.17, 15) is 4.79 Å². The highest BCUT2D eigenvalue weighted by Gasteiger charge is 1.93. The van der Waals surface area contributed by atoms with Gasteiger partial charge in [-0.15, -0.1) is 0 Å². The minimum Gasteiger partial charge on any atom is -0.449 e. The van der Waals surface area contributed by atoms with Crippen molar-refractivity contribution < 1.29 is 9.53 Å². The summed E-state index contributed by atoms with van der Waals surface area (Å²) in [6, 6.07) is 10.2. The minimum atomic E-state index is -0.792. The van der Waals surface area contributed by atoms with E-state index in [4.69, 9.17) is 11.6 Å². The van der Waals surface area contributed by atoms with Crippen molar-refractivity contribution in [3.63, 3.8) is 0 Å². The van der Waals surface area contributed by atoms with Crippen LogP contribution in [0.3, 0.4) is 0 Å². The van der Waals surface area contributed by atoms with Crippen molar-refractivity contribution in [3.8, 4) is 0 Å². The van der Waals surface area contributed by atoms with Gasteiger partial charge in [0.1, 0.15) is 6.61 Å². The molecule has 2 aromatic rings. The molecule has 1 N–H and O–H groups in total. The number of aromatic nitrogens is 1. The molecule has 1 aromatic heterocycles. The van der Waals surface area contributed by atoms with Crippen molar-refractivity contribution in [2.24, 2.45) is 0 Å². The van der Waals surface area contributed by atoms with Crippen LogP contribution in [0, 0.1) is 0 Å². The van der Waals surface area contributed by atoms with Crippen LogP contribution in [0.15, 0.2) is 47.6 Å². The number of halogens is 2. The van der Waals surface area contributed by atoms with Gasteiger partial charge in [0.05, 0.1) is 4.60 Å². The molecule has 0 saturated carbocycles. The standard InChI is InChI=1S/C8H6BrN.C4H5ClO2/c9-8-5-6-3-1-2-4-7(6)10-8;1-2-3-7-4(5)6/h1-5,10H;2H,1,3H2. The second kappa shape index (κ2) is 7.14. The summed E-state index contributed by atoms with van der Waals surface area (Å²) in [4.78, 5) is 12.9. The fraction of sp³-hybridized carbons (Fsp3) is 0.0833. The van der Waals surface area contributed by atoms with Gasteiger partial charge in [-0.3, -0.25) is 0 Å². The van der Waals surface area contributed by atoms with E-state index in [-0.39, 0.29) is 6.61 Å². The van der Waals surface area contributed by atoms with Gasteiger partial charge in [0, 0.05) is 22.5 Å². The predicted molar refractivity (Wildman–Crippen MR) is 73.4 cm³/mol. The minimum absolute atomic E-state index is 0.183. The molecule has 90 valence electrons. The van der Waals surface area contributed by atoms with E-state index < -0.39 is 5.43 Å². The number of aromatic amines is 1. The fourth-order valence-corrected chi connectivity index (χ4v) is 1.69. The zero-order valence-electron chi connectivity index (χ0n) is 8.95. The number of rotatable bonds is 2. The first-order valence-corrected chi connectivity index (χ1v) is 5.97. The summed E-state index contributed by atoms with van der Waals surface area (Å²) in [5.74, 6) is 0. The van der Waals surface area contributed by atoms with Crippen molar-refractivity contribution >= 4 is 43.9 Å². The van der Waals surface area contributed by atoms with E-state index in [1.54, 1.807) is 0 Å². The lowest BCUT2D eigenvalue weighted by Gasteiger charge is -1.88. The molecule has 0 aliphatic heterocycles. The highest BCUT2D eigenvalue weighted by Crippen LogP contribution is 2.17. The quantitative estimate of drug-likeness (QED) is 0.655. The molecule has 0 unspecified atom stereocenters. The highest BCUT2D eigenvalue weighted by atomic mass is 79.9. The summed E-state index contributed by atoms with van der Waals surface area (Å²) in [5, 5.41) is 1.24. The third-order valence-corrected chi connectivity index (χ3v) is 2.35. The maximum Gasteiger partial charge on any atom is 0.404 e. The number of carbonyl (C=O) groups is 1. The van der Waals surface area contributed by atoms with E-state index in [0.717, 1.165) is 4.60 Å². The van der Waals surface area contributed by atoms with Crippen LogP contribution < -0.4 is 0 Å². The largest absolute Gasteiger partial charge is 0.449 e. The van der Waals surface area contributed by atoms with Gasteiger partial charge in [0.2, 0.25) is 0 Å². The summed E-state index contributed by atoms with van der Waals surface area (Å²) in [5.41, 5.74) is 0.384. The average Bonchev–Trinajstić information content (AvgIpc) is 2.67. The number of hydrogen-bond acceptors (Lipinski definition) is 2. The lowest BCUT2D eigenvalue weighted by molar-refractivity contribution is 0.186. The summed E-state index contributed by atoms with van der Waals surface area (Å²) in [6.45, 7) is 3.48. The van der Waals surface area contributed by atoms with Crippen LogP contribution in [0.25, 0.3) is 10.9 Å². The Morgan fingerprint density at radius 1 is 1.53 bits per heavy atom. The number of H-pyrrole nitrogens is 1. The van der Waals surface area contributed by atoms with Crippen molar-refractivity contribution in [2.45, 2.75) is 0 Å². The number of carbonyl (C=O) groups excluding carboxylic acids is 1. The molecule has 0 aliphatic rings. The van der Waals surface area contributed by atoms with Crippen LogP contribution in [0.5, 0.6) is 0 Å². The van der Waals surface area contributed by atoms with E-state index in [2.05, 4.69) is 50.4 Å². The van der Waals surface area contributed by atoms with E-state index >= 15 is 0 Å². The van der Waals surface area contributed by atoms with Crippen molar-refractivity contribution in [3.05, 3.63) is 47.6 Å². The lowest BCUT2D eigenvalue weighted by Crippen LogP contribution is -1.90. The van der Waals surface area contributed by atoms with Gasteiger partial charge in [0.25, 0.3) is 0 Å². The second-order valence-corrected chi connectivity index (χ2v) is 4.20. The normalized spacial score (nSPS) is 9.29. The zero-order valence-corrected chi connectivity index (χ0v) is 11.3. The Bertz CT molecular complexity index is 477. The molecule has 5 heteroatoms. The van der Waals surface area contributed by atoms with E-state index in [1.165, 1.54) is 17.0 Å². The summed E-state index contributed by atoms with van der Waals surface area (Å²) in [6.07, 6.45) is 1.44. The SMILES string of the molecule is Brc1cc2ccccc2[nH]1.C=CCOC(=O)Cl. The predicted octanol–water partition coefficient (Wildman–Crippen LogP) is 4.48. The molecule has 0 fully saturated rings. The zero-order chi connectivity index (χ0) is 12.7. The molecule has 0 atom stereocenters. The Balaban J connectivity index is 0.000000185. The first-order valence-electron chi connectivity index (χ1n) is 4.80. The first-order chi connectivity index (χ1) is 8.13.